The largest absolute Gasteiger partial charge is 0.352 e. The molecule has 2 amide bonds. The topological polar surface area (TPSA) is 49.4 Å². The van der Waals surface area contributed by atoms with Crippen molar-refractivity contribution in [3.63, 3.8) is 0 Å². The van der Waals surface area contributed by atoms with E-state index in [0.29, 0.717) is 5.75 Å². The molecule has 1 heterocycles. The molecule has 5 heteroatoms. The first-order valence-corrected chi connectivity index (χ1v) is 7.80. The third kappa shape index (κ3) is 3.33. The number of rotatable bonds is 4. The fourth-order valence-electron chi connectivity index (χ4n) is 2.27. The molecule has 1 fully saturated rings. The Hall–Kier alpha value is -1.49. The summed E-state index contributed by atoms with van der Waals surface area (Å²) in [5, 5.41) is 2.78. The molecule has 0 spiro atoms. The Kier molecular flexibility index (Phi) is 4.70. The zero-order valence-corrected chi connectivity index (χ0v) is 12.9. The maximum Gasteiger partial charge on any atom is 0.239 e. The van der Waals surface area contributed by atoms with Crippen molar-refractivity contribution in [2.75, 3.05) is 12.3 Å². The van der Waals surface area contributed by atoms with Gasteiger partial charge in [0.15, 0.2) is 0 Å². The molecule has 1 atom stereocenters. The summed E-state index contributed by atoms with van der Waals surface area (Å²) in [6.45, 7) is 5.99. The fraction of sp³-hybridized carbons (Fsp3) is 0.467. The summed E-state index contributed by atoms with van der Waals surface area (Å²) in [4.78, 5) is 25.6. The van der Waals surface area contributed by atoms with Crippen molar-refractivity contribution in [2.24, 2.45) is 0 Å². The lowest BCUT2D eigenvalue weighted by molar-refractivity contribution is -0.134. The summed E-state index contributed by atoms with van der Waals surface area (Å²) in [5.74, 6) is 0.366. The van der Waals surface area contributed by atoms with Crippen LogP contribution in [0.1, 0.15) is 30.3 Å². The first kappa shape index (κ1) is 14.9. The summed E-state index contributed by atoms with van der Waals surface area (Å²) >= 11 is 1.58. The molecule has 0 aromatic heterocycles. The van der Waals surface area contributed by atoms with E-state index in [0.717, 1.165) is 11.1 Å². The Morgan fingerprint density at radius 3 is 2.80 bits per heavy atom. The van der Waals surface area contributed by atoms with E-state index < -0.39 is 0 Å². The van der Waals surface area contributed by atoms with Crippen LogP contribution in [0.5, 0.6) is 0 Å². The average Bonchev–Trinajstić information content (AvgIpc) is 2.71. The smallest absolute Gasteiger partial charge is 0.239 e. The second-order valence-electron chi connectivity index (χ2n) is 5.26. The third-order valence-electron chi connectivity index (χ3n) is 3.19. The molecule has 0 bridgehead atoms. The monoisotopic (exact) mass is 292 g/mol. The molecule has 1 saturated heterocycles. The highest BCUT2D eigenvalue weighted by molar-refractivity contribution is 8.00. The molecule has 1 aromatic rings. The summed E-state index contributed by atoms with van der Waals surface area (Å²) in [5.41, 5.74) is 2.26. The number of hydrogen-bond donors (Lipinski definition) is 1. The molecular formula is C15H20N2O2S. The van der Waals surface area contributed by atoms with E-state index in [4.69, 9.17) is 0 Å². The van der Waals surface area contributed by atoms with Gasteiger partial charge in [-0.25, -0.2) is 0 Å². The zero-order chi connectivity index (χ0) is 14.7. The van der Waals surface area contributed by atoms with Crippen LogP contribution >= 0.6 is 11.8 Å². The van der Waals surface area contributed by atoms with Gasteiger partial charge in [-0.05, 0) is 31.9 Å². The first-order chi connectivity index (χ1) is 9.49. The van der Waals surface area contributed by atoms with E-state index in [2.05, 4.69) is 5.32 Å². The van der Waals surface area contributed by atoms with Gasteiger partial charge in [0.2, 0.25) is 11.8 Å². The standard InChI is InChI=1S/C15H20N2O2S/c1-10(2)16-13(18)8-17-14(19)9-20-15(17)12-7-5-4-6-11(12)3/h4-7,10,15H,8-9H2,1-3H3,(H,16,18)/t15-/m0/s1. The molecular weight excluding hydrogens is 272 g/mol. The van der Waals surface area contributed by atoms with Gasteiger partial charge in [0.05, 0.1) is 5.75 Å². The summed E-state index contributed by atoms with van der Waals surface area (Å²) in [6.07, 6.45) is 0. The number of benzene rings is 1. The van der Waals surface area contributed by atoms with Crippen molar-refractivity contribution in [1.82, 2.24) is 10.2 Å². The quantitative estimate of drug-likeness (QED) is 0.924. The van der Waals surface area contributed by atoms with Crippen LogP contribution in [0.2, 0.25) is 0 Å². The van der Waals surface area contributed by atoms with Crippen LogP contribution < -0.4 is 5.32 Å². The van der Waals surface area contributed by atoms with Gasteiger partial charge in [-0.3, -0.25) is 9.59 Å². The first-order valence-electron chi connectivity index (χ1n) is 6.75. The predicted molar refractivity (Wildman–Crippen MR) is 81.4 cm³/mol. The summed E-state index contributed by atoms with van der Waals surface area (Å²) in [6, 6.07) is 8.10. The molecule has 1 aliphatic rings. The minimum absolute atomic E-state index is 0.0298. The van der Waals surface area contributed by atoms with Crippen molar-refractivity contribution in [2.45, 2.75) is 32.2 Å². The lowest BCUT2D eigenvalue weighted by Gasteiger charge is -2.25. The normalized spacial score (nSPS) is 18.7. The Morgan fingerprint density at radius 2 is 2.15 bits per heavy atom. The molecule has 1 N–H and O–H groups in total. The number of amides is 2. The van der Waals surface area contributed by atoms with Crippen LogP contribution in [0.25, 0.3) is 0 Å². The van der Waals surface area contributed by atoms with Crippen molar-refractivity contribution in [3.8, 4) is 0 Å². The second kappa shape index (κ2) is 6.31. The van der Waals surface area contributed by atoms with Crippen molar-refractivity contribution >= 4 is 23.6 Å². The van der Waals surface area contributed by atoms with Crippen LogP contribution in [0, 0.1) is 6.92 Å². The highest BCUT2D eigenvalue weighted by Crippen LogP contribution is 2.39. The minimum Gasteiger partial charge on any atom is -0.352 e. The second-order valence-corrected chi connectivity index (χ2v) is 6.33. The van der Waals surface area contributed by atoms with Crippen LogP contribution in [0.15, 0.2) is 24.3 Å². The van der Waals surface area contributed by atoms with Gasteiger partial charge < -0.3 is 10.2 Å². The molecule has 0 aliphatic carbocycles. The summed E-state index contributed by atoms with van der Waals surface area (Å²) < 4.78 is 0. The molecule has 0 unspecified atom stereocenters. The third-order valence-corrected chi connectivity index (χ3v) is 4.42. The number of aryl methyl sites for hydroxylation is 1. The Bertz CT molecular complexity index is 516. The van der Waals surface area contributed by atoms with Gasteiger partial charge in [-0.1, -0.05) is 24.3 Å². The van der Waals surface area contributed by atoms with Crippen LogP contribution in [-0.2, 0) is 9.59 Å². The minimum atomic E-state index is -0.102. The van der Waals surface area contributed by atoms with Crippen molar-refractivity contribution in [1.29, 1.82) is 0 Å². The molecule has 108 valence electrons. The number of hydrogen-bond acceptors (Lipinski definition) is 3. The molecule has 4 nitrogen and oxygen atoms in total. The number of nitrogens with one attached hydrogen (secondary N) is 1. The maximum absolute atomic E-state index is 12.0. The molecule has 1 aromatic carbocycles. The van der Waals surface area contributed by atoms with Crippen molar-refractivity contribution < 1.29 is 9.59 Å². The van der Waals surface area contributed by atoms with E-state index in [1.54, 1.807) is 16.7 Å². The summed E-state index contributed by atoms with van der Waals surface area (Å²) in [7, 11) is 0. The SMILES string of the molecule is Cc1ccccc1[C@@H]1SCC(=O)N1CC(=O)NC(C)C. The molecule has 1 aliphatic heterocycles. The van der Waals surface area contributed by atoms with Crippen LogP contribution in [0.3, 0.4) is 0 Å². The molecule has 0 radical (unpaired) electrons. The van der Waals surface area contributed by atoms with Gasteiger partial charge in [-0.2, -0.15) is 0 Å². The number of carbonyl (C=O) groups excluding carboxylic acids is 2. The number of carbonyl (C=O) groups is 2. The highest BCUT2D eigenvalue weighted by atomic mass is 32.2. The predicted octanol–water partition coefficient (Wildman–Crippen LogP) is 2.09. The lowest BCUT2D eigenvalue weighted by Crippen LogP contribution is -2.41. The lowest BCUT2D eigenvalue weighted by atomic mass is 10.1. The van der Waals surface area contributed by atoms with E-state index in [-0.39, 0.29) is 29.8 Å². The van der Waals surface area contributed by atoms with E-state index in [9.17, 15) is 9.59 Å². The number of thioether (sulfide) groups is 1. The Morgan fingerprint density at radius 1 is 1.45 bits per heavy atom. The van der Waals surface area contributed by atoms with E-state index in [1.807, 2.05) is 45.0 Å². The van der Waals surface area contributed by atoms with E-state index in [1.165, 1.54) is 0 Å². The maximum atomic E-state index is 12.0. The molecule has 2 rings (SSSR count). The number of nitrogens with zero attached hydrogens (tertiary/aromatic N) is 1. The van der Waals surface area contributed by atoms with Crippen molar-refractivity contribution in [3.05, 3.63) is 35.4 Å². The highest BCUT2D eigenvalue weighted by Gasteiger charge is 2.34. The van der Waals surface area contributed by atoms with Gasteiger partial charge in [-0.15, -0.1) is 11.8 Å². The fourth-order valence-corrected chi connectivity index (χ4v) is 3.55. The molecule has 20 heavy (non-hydrogen) atoms. The van der Waals surface area contributed by atoms with Crippen LogP contribution in [0.4, 0.5) is 0 Å². The van der Waals surface area contributed by atoms with Gasteiger partial charge in [0.1, 0.15) is 11.9 Å². The van der Waals surface area contributed by atoms with Gasteiger partial charge >= 0.3 is 0 Å². The van der Waals surface area contributed by atoms with Gasteiger partial charge in [0.25, 0.3) is 0 Å². The van der Waals surface area contributed by atoms with Crippen LogP contribution in [-0.4, -0.2) is 35.1 Å². The Balaban J connectivity index is 2.15. The average molecular weight is 292 g/mol. The molecule has 0 saturated carbocycles. The Labute approximate surface area is 123 Å². The van der Waals surface area contributed by atoms with E-state index >= 15 is 0 Å². The van der Waals surface area contributed by atoms with Gasteiger partial charge in [0, 0.05) is 6.04 Å². The zero-order valence-electron chi connectivity index (χ0n) is 12.1.